The summed E-state index contributed by atoms with van der Waals surface area (Å²) < 4.78 is 0. The average Bonchev–Trinajstić information content (AvgIpc) is 2.52. The van der Waals surface area contributed by atoms with Crippen molar-refractivity contribution in [2.45, 2.75) is 79.1 Å². The zero-order valence-electron chi connectivity index (χ0n) is 16.2. The van der Waals surface area contributed by atoms with Crippen LogP contribution in [0.4, 0.5) is 0 Å². The molecule has 0 spiro atoms. The molecule has 0 saturated carbocycles. The summed E-state index contributed by atoms with van der Waals surface area (Å²) in [5, 5.41) is 0. The molecular weight excluding hydrogens is 261 g/mol. The van der Waals surface area contributed by atoms with Crippen molar-refractivity contribution in [1.82, 2.24) is 4.90 Å². The second-order valence-corrected chi connectivity index (χ2v) is 6.52. The molecular formula is C20H40LiN. The van der Waals surface area contributed by atoms with Crippen molar-refractivity contribution in [3.05, 3.63) is 19.1 Å². The van der Waals surface area contributed by atoms with E-state index in [-0.39, 0.29) is 18.9 Å². The Labute approximate surface area is 153 Å². The van der Waals surface area contributed by atoms with Crippen LogP contribution in [-0.2, 0) is 0 Å². The number of nitrogens with zero attached hydrogens (tertiary/aromatic N) is 1. The topological polar surface area (TPSA) is 3.24 Å². The van der Waals surface area contributed by atoms with Crippen LogP contribution in [0.1, 0.15) is 79.1 Å². The van der Waals surface area contributed by atoms with E-state index in [1.54, 1.807) is 0 Å². The van der Waals surface area contributed by atoms with Gasteiger partial charge in [0.25, 0.3) is 0 Å². The molecule has 1 nitrogen and oxygen atoms in total. The number of hydrogen-bond donors (Lipinski definition) is 0. The molecule has 0 saturated heterocycles. The Balaban J connectivity index is 0. The third-order valence-electron chi connectivity index (χ3n) is 4.65. The third-order valence-corrected chi connectivity index (χ3v) is 4.65. The molecule has 0 aliphatic carbocycles. The van der Waals surface area contributed by atoms with Gasteiger partial charge in [-0.1, -0.05) is 66.2 Å². The number of allylic oxidation sites excluding steroid dienone is 1. The summed E-state index contributed by atoms with van der Waals surface area (Å²) in [6, 6.07) is 0. The van der Waals surface area contributed by atoms with Crippen molar-refractivity contribution >= 4 is 0 Å². The number of rotatable bonds is 14. The second kappa shape index (κ2) is 17.5. The van der Waals surface area contributed by atoms with Gasteiger partial charge in [-0.3, -0.25) is 0 Å². The minimum Gasteiger partial charge on any atom is -0.316 e. The molecule has 0 aromatic carbocycles. The molecule has 0 aromatic heterocycles. The fourth-order valence-electron chi connectivity index (χ4n) is 3.01. The smallest absolute Gasteiger partial charge is 0.316 e. The predicted octanol–water partition coefficient (Wildman–Crippen LogP) is 3.12. The SMILES string of the molecule is [CH2-]C=CCN(CC(CC)CCCC)CC(CC)CCCC.[Li+]. The summed E-state index contributed by atoms with van der Waals surface area (Å²) in [4.78, 5) is 2.68. The van der Waals surface area contributed by atoms with Crippen LogP contribution in [-0.4, -0.2) is 24.5 Å². The number of unbranched alkanes of at least 4 members (excludes halogenated alkanes) is 2. The minimum absolute atomic E-state index is 0. The van der Waals surface area contributed by atoms with E-state index >= 15 is 0 Å². The molecule has 0 fully saturated rings. The first-order valence-corrected chi connectivity index (χ1v) is 9.38. The first-order valence-electron chi connectivity index (χ1n) is 9.38. The van der Waals surface area contributed by atoms with Crippen LogP contribution in [0.3, 0.4) is 0 Å². The van der Waals surface area contributed by atoms with E-state index in [0.29, 0.717) is 0 Å². The zero-order chi connectivity index (χ0) is 15.9. The minimum atomic E-state index is 0. The van der Waals surface area contributed by atoms with Crippen molar-refractivity contribution in [2.75, 3.05) is 19.6 Å². The maximum atomic E-state index is 3.85. The van der Waals surface area contributed by atoms with Crippen molar-refractivity contribution in [2.24, 2.45) is 11.8 Å². The first kappa shape index (κ1) is 24.4. The van der Waals surface area contributed by atoms with E-state index in [1.165, 1.54) is 64.5 Å². The largest absolute Gasteiger partial charge is 1.00 e. The van der Waals surface area contributed by atoms with Gasteiger partial charge in [0.1, 0.15) is 0 Å². The van der Waals surface area contributed by atoms with Gasteiger partial charge < -0.3 is 4.90 Å². The first-order chi connectivity index (χ1) is 10.2. The summed E-state index contributed by atoms with van der Waals surface area (Å²) in [5.74, 6) is 1.73. The molecule has 0 rings (SSSR count). The van der Waals surface area contributed by atoms with Gasteiger partial charge in [-0.15, -0.1) is 0 Å². The molecule has 0 bridgehead atoms. The van der Waals surface area contributed by atoms with Crippen molar-refractivity contribution in [3.8, 4) is 0 Å². The Morgan fingerprint density at radius 1 is 0.864 bits per heavy atom. The maximum absolute atomic E-state index is 3.85. The molecule has 0 heterocycles. The van der Waals surface area contributed by atoms with Gasteiger partial charge >= 0.3 is 18.9 Å². The quantitative estimate of drug-likeness (QED) is 0.352. The van der Waals surface area contributed by atoms with Crippen LogP contribution in [0.15, 0.2) is 12.2 Å². The van der Waals surface area contributed by atoms with Gasteiger partial charge in [-0.2, -0.15) is 0 Å². The average molecular weight is 301 g/mol. The van der Waals surface area contributed by atoms with Gasteiger partial charge in [-0.05, 0) is 44.3 Å². The Kier molecular flexibility index (Phi) is 19.4. The van der Waals surface area contributed by atoms with Crippen molar-refractivity contribution < 1.29 is 18.9 Å². The second-order valence-electron chi connectivity index (χ2n) is 6.52. The fraction of sp³-hybridized carbons (Fsp3) is 0.850. The summed E-state index contributed by atoms with van der Waals surface area (Å²) in [5.41, 5.74) is 0. The van der Waals surface area contributed by atoms with Gasteiger partial charge in [-0.25, -0.2) is 19.1 Å². The molecule has 2 unspecified atom stereocenters. The monoisotopic (exact) mass is 301 g/mol. The van der Waals surface area contributed by atoms with Crippen molar-refractivity contribution in [3.63, 3.8) is 0 Å². The van der Waals surface area contributed by atoms with E-state index in [9.17, 15) is 0 Å². The van der Waals surface area contributed by atoms with E-state index in [4.69, 9.17) is 0 Å². The van der Waals surface area contributed by atoms with Crippen LogP contribution in [0.25, 0.3) is 0 Å². The van der Waals surface area contributed by atoms with Crippen LogP contribution in [0.5, 0.6) is 0 Å². The number of hydrogen-bond acceptors (Lipinski definition) is 1. The third kappa shape index (κ3) is 12.7. The van der Waals surface area contributed by atoms with Gasteiger partial charge in [0.05, 0.1) is 0 Å². The Hall–Kier alpha value is 0.167. The molecule has 0 aromatic rings. The normalized spacial score (nSPS) is 14.2. The van der Waals surface area contributed by atoms with E-state index in [2.05, 4.69) is 45.6 Å². The van der Waals surface area contributed by atoms with Crippen LogP contribution >= 0.6 is 0 Å². The van der Waals surface area contributed by atoms with Gasteiger partial charge in [0.2, 0.25) is 0 Å². The molecule has 0 N–H and O–H groups in total. The maximum Gasteiger partial charge on any atom is 1.00 e. The molecule has 0 aliphatic rings. The summed E-state index contributed by atoms with van der Waals surface area (Å²) >= 11 is 0. The van der Waals surface area contributed by atoms with Gasteiger partial charge in [0, 0.05) is 0 Å². The molecule has 0 aliphatic heterocycles. The van der Waals surface area contributed by atoms with Crippen LogP contribution in [0.2, 0.25) is 0 Å². The Bertz CT molecular complexity index is 222. The molecule has 0 radical (unpaired) electrons. The molecule has 0 amide bonds. The van der Waals surface area contributed by atoms with Crippen molar-refractivity contribution in [1.29, 1.82) is 0 Å². The van der Waals surface area contributed by atoms with Crippen LogP contribution < -0.4 is 18.9 Å². The predicted molar refractivity (Wildman–Crippen MR) is 97.5 cm³/mol. The Morgan fingerprint density at radius 3 is 1.64 bits per heavy atom. The Morgan fingerprint density at radius 2 is 1.32 bits per heavy atom. The molecule has 22 heavy (non-hydrogen) atoms. The molecule has 2 heteroatoms. The summed E-state index contributed by atoms with van der Waals surface area (Å²) in [7, 11) is 0. The standard InChI is InChI=1S/C20H40N.Li/c1-6-11-14-19(9-4)17-21(16-13-8-3)18-20(10-5)15-12-7-2;/h8,13,19-20H,3,6-7,9-12,14-18H2,1-2,4-5H3;/q-1;+1. The molecule has 2 atom stereocenters. The summed E-state index contributed by atoms with van der Waals surface area (Å²) in [6.07, 6.45) is 15.0. The van der Waals surface area contributed by atoms with Gasteiger partial charge in [0.15, 0.2) is 0 Å². The van der Waals surface area contributed by atoms with Crippen LogP contribution in [0, 0.1) is 18.8 Å². The van der Waals surface area contributed by atoms with E-state index in [1.807, 2.05) is 6.08 Å². The summed E-state index contributed by atoms with van der Waals surface area (Å²) in [6.45, 7) is 16.8. The van der Waals surface area contributed by atoms with E-state index in [0.717, 1.165) is 18.4 Å². The van der Waals surface area contributed by atoms with E-state index < -0.39 is 0 Å². The zero-order valence-corrected chi connectivity index (χ0v) is 16.2. The fourth-order valence-corrected chi connectivity index (χ4v) is 3.01. The molecule has 126 valence electrons.